The Morgan fingerprint density at radius 2 is 1.13 bits per heavy atom. The van der Waals surface area contributed by atoms with Crippen LogP contribution in [-0.4, -0.2) is 47.6 Å². The Hall–Kier alpha value is -2.18. The highest BCUT2D eigenvalue weighted by Crippen LogP contribution is 2.14. The summed E-state index contributed by atoms with van der Waals surface area (Å²) >= 11 is 0. The minimum absolute atomic E-state index is 0.105. The van der Waals surface area contributed by atoms with E-state index < -0.39 is 18.2 Å². The van der Waals surface area contributed by atoms with Crippen LogP contribution >= 0.6 is 0 Å². The average Bonchev–Trinajstić information content (AvgIpc) is 3.07. The zero-order chi connectivity index (χ0) is 34.5. The number of carbonyl (C=O) groups excluding carboxylic acids is 2. The van der Waals surface area contributed by atoms with Crippen molar-refractivity contribution in [2.24, 2.45) is 0 Å². The summed E-state index contributed by atoms with van der Waals surface area (Å²) in [7, 11) is 0. The normalized spacial score (nSPS) is 13.4. The maximum Gasteiger partial charge on any atom is 0.306 e. The number of hydrogen-bond donors (Lipinski definition) is 2. The first-order valence-corrected chi connectivity index (χ1v) is 19.3. The van der Waals surface area contributed by atoms with Crippen molar-refractivity contribution in [1.29, 1.82) is 0 Å². The third-order valence-corrected chi connectivity index (χ3v) is 8.21. The molecule has 0 saturated carbocycles. The Balaban J connectivity index is 3.72. The quantitative estimate of drug-likeness (QED) is 0.0309. The standard InChI is InChI=1S/C41H72O6/c1-3-5-7-9-11-12-13-14-15-16-17-18-22-26-30-34-40(44)46-37-39(36-42)47-41(45)35-31-27-23-19-21-25-29-33-38(43)32-28-24-20-10-8-6-4-2/h19-20,23-25,28-29,32,38-39,42-43H,3-18,21-22,26-27,30-31,33-37H2,1-2H3/b23-19+,24-20-,29-25-,32-28-/t38-,39-/m0/s1. The number of carbonyl (C=O) groups is 2. The first-order chi connectivity index (χ1) is 23.0. The van der Waals surface area contributed by atoms with Gasteiger partial charge in [-0.1, -0.05) is 165 Å². The van der Waals surface area contributed by atoms with Gasteiger partial charge < -0.3 is 19.7 Å². The molecule has 2 N–H and O–H groups in total. The highest BCUT2D eigenvalue weighted by Gasteiger charge is 2.16. The first kappa shape index (κ1) is 44.8. The lowest BCUT2D eigenvalue weighted by Crippen LogP contribution is -2.28. The summed E-state index contributed by atoms with van der Waals surface area (Å²) in [5.74, 6) is -0.696. The summed E-state index contributed by atoms with van der Waals surface area (Å²) in [6.07, 6.45) is 41.9. The van der Waals surface area contributed by atoms with Gasteiger partial charge in [-0.3, -0.25) is 9.59 Å². The molecule has 0 spiro atoms. The lowest BCUT2D eigenvalue weighted by atomic mass is 10.0. The van der Waals surface area contributed by atoms with E-state index in [1.54, 1.807) is 0 Å². The predicted molar refractivity (Wildman–Crippen MR) is 197 cm³/mol. The van der Waals surface area contributed by atoms with Crippen molar-refractivity contribution >= 4 is 11.9 Å². The fraction of sp³-hybridized carbons (Fsp3) is 0.756. The maximum absolute atomic E-state index is 12.1. The molecule has 6 nitrogen and oxygen atoms in total. The first-order valence-electron chi connectivity index (χ1n) is 19.3. The third kappa shape index (κ3) is 35.0. The van der Waals surface area contributed by atoms with Crippen LogP contribution in [0.5, 0.6) is 0 Å². The molecule has 0 aromatic heterocycles. The second kappa shape index (κ2) is 36.7. The van der Waals surface area contributed by atoms with Crippen LogP contribution in [0.15, 0.2) is 48.6 Å². The molecule has 0 heterocycles. The number of rotatable bonds is 34. The molecular weight excluding hydrogens is 588 g/mol. The summed E-state index contributed by atoms with van der Waals surface area (Å²) in [6.45, 7) is 3.99. The largest absolute Gasteiger partial charge is 0.462 e. The van der Waals surface area contributed by atoms with E-state index in [0.29, 0.717) is 19.3 Å². The summed E-state index contributed by atoms with van der Waals surface area (Å²) in [6, 6.07) is 0. The number of ether oxygens (including phenoxy) is 2. The molecule has 2 atom stereocenters. The van der Waals surface area contributed by atoms with E-state index in [1.807, 2.05) is 42.5 Å². The van der Waals surface area contributed by atoms with Gasteiger partial charge >= 0.3 is 11.9 Å². The Morgan fingerprint density at radius 1 is 0.596 bits per heavy atom. The van der Waals surface area contributed by atoms with Crippen LogP contribution in [0.4, 0.5) is 0 Å². The second-order valence-electron chi connectivity index (χ2n) is 12.9. The van der Waals surface area contributed by atoms with Crippen molar-refractivity contribution in [3.05, 3.63) is 48.6 Å². The number of esters is 2. The van der Waals surface area contributed by atoms with Gasteiger partial charge in [0, 0.05) is 12.8 Å². The van der Waals surface area contributed by atoms with Crippen LogP contribution in [0.3, 0.4) is 0 Å². The molecule has 6 heteroatoms. The smallest absolute Gasteiger partial charge is 0.306 e. The van der Waals surface area contributed by atoms with Gasteiger partial charge in [-0.25, -0.2) is 0 Å². The highest BCUT2D eigenvalue weighted by atomic mass is 16.6. The molecule has 0 aliphatic carbocycles. The molecule has 0 saturated heterocycles. The number of allylic oxidation sites excluding steroid dienone is 6. The lowest BCUT2D eigenvalue weighted by Gasteiger charge is -2.15. The van der Waals surface area contributed by atoms with E-state index in [0.717, 1.165) is 38.5 Å². The SMILES string of the molecule is CCCCC/C=C\C=C/[C@H](O)C/C=C\C/C=C/CCCC(=O)O[C@@H](CO)COC(=O)CCCCCCCCCCCCCCCCC. The maximum atomic E-state index is 12.1. The molecule has 0 amide bonds. The third-order valence-electron chi connectivity index (χ3n) is 8.21. The van der Waals surface area contributed by atoms with Gasteiger partial charge in [0.2, 0.25) is 0 Å². The zero-order valence-corrected chi connectivity index (χ0v) is 30.4. The van der Waals surface area contributed by atoms with Crippen LogP contribution < -0.4 is 0 Å². The average molecular weight is 661 g/mol. The Kier molecular flexibility index (Phi) is 35.0. The van der Waals surface area contributed by atoms with Crippen molar-refractivity contribution in [2.75, 3.05) is 13.2 Å². The summed E-state index contributed by atoms with van der Waals surface area (Å²) in [4.78, 5) is 24.2. The van der Waals surface area contributed by atoms with Crippen LogP contribution in [0, 0.1) is 0 Å². The number of aliphatic hydroxyl groups is 2. The van der Waals surface area contributed by atoms with Gasteiger partial charge in [-0.15, -0.1) is 0 Å². The van der Waals surface area contributed by atoms with E-state index in [1.165, 1.54) is 96.3 Å². The molecule has 0 aliphatic heterocycles. The molecule has 0 rings (SSSR count). The molecule has 0 aromatic carbocycles. The summed E-state index contributed by atoms with van der Waals surface area (Å²) < 4.78 is 10.5. The molecule has 0 fully saturated rings. The van der Waals surface area contributed by atoms with Gasteiger partial charge in [0.25, 0.3) is 0 Å². The Morgan fingerprint density at radius 3 is 1.74 bits per heavy atom. The van der Waals surface area contributed by atoms with Gasteiger partial charge in [0.15, 0.2) is 6.10 Å². The topological polar surface area (TPSA) is 93.1 Å². The fourth-order valence-electron chi connectivity index (χ4n) is 5.21. The molecule has 0 aromatic rings. The van der Waals surface area contributed by atoms with Crippen LogP contribution in [0.1, 0.15) is 174 Å². The molecular formula is C41H72O6. The highest BCUT2D eigenvalue weighted by molar-refractivity contribution is 5.70. The van der Waals surface area contributed by atoms with Crippen LogP contribution in [-0.2, 0) is 19.1 Å². The minimum atomic E-state index is -0.819. The number of hydrogen-bond acceptors (Lipinski definition) is 6. The minimum Gasteiger partial charge on any atom is -0.462 e. The summed E-state index contributed by atoms with van der Waals surface area (Å²) in [5, 5.41) is 19.5. The number of unbranched alkanes of at least 4 members (excludes halogenated alkanes) is 18. The zero-order valence-electron chi connectivity index (χ0n) is 30.4. The van der Waals surface area contributed by atoms with E-state index in [4.69, 9.17) is 9.47 Å². The van der Waals surface area contributed by atoms with Crippen molar-refractivity contribution in [1.82, 2.24) is 0 Å². The molecule has 47 heavy (non-hydrogen) atoms. The Labute approximate surface area is 289 Å². The molecule has 0 radical (unpaired) electrons. The molecule has 0 aliphatic rings. The van der Waals surface area contributed by atoms with Crippen molar-refractivity contribution in [2.45, 2.75) is 187 Å². The monoisotopic (exact) mass is 661 g/mol. The van der Waals surface area contributed by atoms with Crippen LogP contribution in [0.2, 0.25) is 0 Å². The van der Waals surface area contributed by atoms with Gasteiger partial charge in [0.05, 0.1) is 12.7 Å². The summed E-state index contributed by atoms with van der Waals surface area (Å²) in [5.41, 5.74) is 0. The van der Waals surface area contributed by atoms with E-state index in [2.05, 4.69) is 19.9 Å². The second-order valence-corrected chi connectivity index (χ2v) is 12.9. The van der Waals surface area contributed by atoms with Crippen LogP contribution in [0.25, 0.3) is 0 Å². The molecule has 0 bridgehead atoms. The molecule has 272 valence electrons. The Bertz CT molecular complexity index is 815. The predicted octanol–water partition coefficient (Wildman–Crippen LogP) is 10.8. The number of aliphatic hydroxyl groups excluding tert-OH is 2. The van der Waals surface area contributed by atoms with Crippen molar-refractivity contribution in [3.63, 3.8) is 0 Å². The van der Waals surface area contributed by atoms with Gasteiger partial charge in [0.1, 0.15) is 6.61 Å². The van der Waals surface area contributed by atoms with Crippen molar-refractivity contribution < 1.29 is 29.3 Å². The van der Waals surface area contributed by atoms with E-state index in [-0.39, 0.29) is 25.6 Å². The van der Waals surface area contributed by atoms with Gasteiger partial charge in [-0.2, -0.15) is 0 Å². The van der Waals surface area contributed by atoms with E-state index in [9.17, 15) is 19.8 Å². The lowest BCUT2D eigenvalue weighted by molar-refractivity contribution is -0.161. The fourth-order valence-corrected chi connectivity index (χ4v) is 5.21. The van der Waals surface area contributed by atoms with Crippen molar-refractivity contribution in [3.8, 4) is 0 Å². The van der Waals surface area contributed by atoms with Gasteiger partial charge in [-0.05, 0) is 44.9 Å². The van der Waals surface area contributed by atoms with E-state index >= 15 is 0 Å². The molecule has 0 unspecified atom stereocenters.